The van der Waals surface area contributed by atoms with Crippen LogP contribution in [0, 0.1) is 12.8 Å². The Balaban J connectivity index is 2.25. The van der Waals surface area contributed by atoms with Crippen LogP contribution < -0.4 is 5.32 Å². The average Bonchev–Trinajstić information content (AvgIpc) is 2.73. The van der Waals surface area contributed by atoms with E-state index in [1.165, 1.54) is 0 Å². The second-order valence-corrected chi connectivity index (χ2v) is 5.33. The highest BCUT2D eigenvalue weighted by Crippen LogP contribution is 2.13. The van der Waals surface area contributed by atoms with Gasteiger partial charge in [0.15, 0.2) is 5.65 Å². The van der Waals surface area contributed by atoms with E-state index in [4.69, 9.17) is 0 Å². The van der Waals surface area contributed by atoms with Crippen LogP contribution in [0.2, 0.25) is 0 Å². The van der Waals surface area contributed by atoms with Gasteiger partial charge in [-0.25, -0.2) is 9.50 Å². The van der Waals surface area contributed by atoms with Gasteiger partial charge in [-0.3, -0.25) is 4.79 Å². The quantitative estimate of drug-likeness (QED) is 0.859. The topological polar surface area (TPSA) is 79.5 Å². The molecule has 0 saturated heterocycles. The Morgan fingerprint density at radius 2 is 2.25 bits per heavy atom. The smallest absolute Gasteiger partial charge is 0.257 e. The van der Waals surface area contributed by atoms with Crippen molar-refractivity contribution >= 4 is 11.6 Å². The van der Waals surface area contributed by atoms with E-state index < -0.39 is 0 Å². The lowest BCUT2D eigenvalue weighted by Gasteiger charge is -2.18. The number of aryl methyl sites for hydroxylation is 1. The highest BCUT2D eigenvalue weighted by Gasteiger charge is 2.21. The summed E-state index contributed by atoms with van der Waals surface area (Å²) in [5, 5.41) is 16.5. The molecule has 2 aromatic heterocycles. The van der Waals surface area contributed by atoms with E-state index in [1.807, 2.05) is 0 Å². The molecule has 108 valence electrons. The molecule has 6 nitrogen and oxygen atoms in total. The third kappa shape index (κ3) is 2.96. The van der Waals surface area contributed by atoms with Crippen molar-refractivity contribution in [2.24, 2.45) is 5.92 Å². The second kappa shape index (κ2) is 6.00. The molecule has 2 aromatic rings. The minimum absolute atomic E-state index is 0.0738. The number of aliphatic hydroxyl groups excluding tert-OH is 1. The molecule has 2 N–H and O–H groups in total. The van der Waals surface area contributed by atoms with Crippen LogP contribution in [0.5, 0.6) is 0 Å². The van der Waals surface area contributed by atoms with Gasteiger partial charge in [0.1, 0.15) is 5.56 Å². The summed E-state index contributed by atoms with van der Waals surface area (Å²) < 4.78 is 1.58. The molecule has 0 radical (unpaired) electrons. The summed E-state index contributed by atoms with van der Waals surface area (Å²) in [4.78, 5) is 16.6. The third-order valence-electron chi connectivity index (χ3n) is 3.11. The lowest BCUT2D eigenvalue weighted by atomic mass is 10.0. The van der Waals surface area contributed by atoms with Crippen molar-refractivity contribution in [1.29, 1.82) is 0 Å². The molecule has 6 heteroatoms. The molecule has 1 atom stereocenters. The first-order valence-corrected chi connectivity index (χ1v) is 6.74. The molecule has 1 unspecified atom stereocenters. The Labute approximate surface area is 117 Å². The van der Waals surface area contributed by atoms with Gasteiger partial charge >= 0.3 is 0 Å². The summed E-state index contributed by atoms with van der Waals surface area (Å²) >= 11 is 0. The maximum Gasteiger partial charge on any atom is 0.257 e. The van der Waals surface area contributed by atoms with Crippen LogP contribution in [0.1, 0.15) is 36.3 Å². The van der Waals surface area contributed by atoms with Crippen molar-refractivity contribution in [3.63, 3.8) is 0 Å². The molecule has 0 aromatic carbocycles. The summed E-state index contributed by atoms with van der Waals surface area (Å²) in [5.74, 6) is 0.159. The predicted octanol–water partition coefficient (Wildman–Crippen LogP) is 1.17. The number of nitrogens with zero attached hydrogens (tertiary/aromatic N) is 3. The van der Waals surface area contributed by atoms with E-state index >= 15 is 0 Å². The zero-order chi connectivity index (χ0) is 14.7. The number of aromatic nitrogens is 3. The lowest BCUT2D eigenvalue weighted by Crippen LogP contribution is -2.38. The molecule has 20 heavy (non-hydrogen) atoms. The van der Waals surface area contributed by atoms with E-state index in [0.29, 0.717) is 22.8 Å². The van der Waals surface area contributed by atoms with Crippen LogP contribution >= 0.6 is 0 Å². The number of amides is 1. The largest absolute Gasteiger partial charge is 0.394 e. The normalized spacial score (nSPS) is 12.8. The molecule has 0 aliphatic rings. The summed E-state index contributed by atoms with van der Waals surface area (Å²) in [6.07, 6.45) is 4.11. The van der Waals surface area contributed by atoms with Gasteiger partial charge in [-0.2, -0.15) is 5.10 Å². The second-order valence-electron chi connectivity index (χ2n) is 5.33. The van der Waals surface area contributed by atoms with E-state index in [2.05, 4.69) is 29.2 Å². The highest BCUT2D eigenvalue weighted by atomic mass is 16.3. The Morgan fingerprint density at radius 3 is 2.90 bits per heavy atom. The number of carbonyl (C=O) groups excluding carboxylic acids is 1. The third-order valence-corrected chi connectivity index (χ3v) is 3.11. The Hall–Kier alpha value is -1.95. The van der Waals surface area contributed by atoms with Crippen molar-refractivity contribution in [2.75, 3.05) is 6.61 Å². The summed E-state index contributed by atoms with van der Waals surface area (Å²) in [6, 6.07) is 1.51. The Kier molecular flexibility index (Phi) is 4.34. The number of hydrogen-bond donors (Lipinski definition) is 2. The first-order chi connectivity index (χ1) is 9.52. The molecule has 2 rings (SSSR count). The van der Waals surface area contributed by atoms with Crippen molar-refractivity contribution in [3.05, 3.63) is 29.7 Å². The van der Waals surface area contributed by atoms with Gasteiger partial charge < -0.3 is 10.4 Å². The Bertz CT molecular complexity index is 606. The number of carbonyl (C=O) groups is 1. The molecular formula is C14H20N4O2. The minimum Gasteiger partial charge on any atom is -0.394 e. The van der Waals surface area contributed by atoms with Crippen LogP contribution in [0.25, 0.3) is 5.65 Å². The average molecular weight is 276 g/mol. The molecule has 0 aliphatic carbocycles. The zero-order valence-electron chi connectivity index (χ0n) is 12.0. The van der Waals surface area contributed by atoms with Crippen LogP contribution in [0.15, 0.2) is 18.5 Å². The number of nitrogens with one attached hydrogen (secondary N) is 1. The number of rotatable bonds is 5. The molecular weight excluding hydrogens is 256 g/mol. The van der Waals surface area contributed by atoms with Crippen LogP contribution in [0.4, 0.5) is 0 Å². The highest BCUT2D eigenvalue weighted by molar-refractivity contribution is 6.01. The van der Waals surface area contributed by atoms with Gasteiger partial charge in [-0.05, 0) is 25.3 Å². The van der Waals surface area contributed by atoms with Crippen molar-refractivity contribution in [2.45, 2.75) is 33.2 Å². The summed E-state index contributed by atoms with van der Waals surface area (Å²) in [5.41, 5.74) is 1.62. The number of aliphatic hydroxyl groups is 1. The molecule has 0 saturated carbocycles. The fourth-order valence-electron chi connectivity index (χ4n) is 2.27. The van der Waals surface area contributed by atoms with Gasteiger partial charge in [-0.15, -0.1) is 0 Å². The van der Waals surface area contributed by atoms with Gasteiger partial charge in [0.25, 0.3) is 5.91 Å². The van der Waals surface area contributed by atoms with Crippen LogP contribution in [-0.2, 0) is 0 Å². The number of fused-ring (bicyclic) bond motifs is 1. The first-order valence-electron chi connectivity index (χ1n) is 6.74. The maximum atomic E-state index is 12.4. The van der Waals surface area contributed by atoms with Crippen molar-refractivity contribution in [1.82, 2.24) is 19.9 Å². The zero-order valence-corrected chi connectivity index (χ0v) is 12.0. The number of hydrogen-bond acceptors (Lipinski definition) is 4. The van der Waals surface area contributed by atoms with Crippen LogP contribution in [-0.4, -0.2) is 38.3 Å². The Morgan fingerprint density at radius 1 is 1.50 bits per heavy atom. The van der Waals surface area contributed by atoms with Crippen LogP contribution in [0.3, 0.4) is 0 Å². The molecule has 2 heterocycles. The molecule has 1 amide bonds. The maximum absolute atomic E-state index is 12.4. The van der Waals surface area contributed by atoms with Crippen molar-refractivity contribution < 1.29 is 9.90 Å². The molecule has 0 bridgehead atoms. The molecule has 0 spiro atoms. The van der Waals surface area contributed by atoms with Crippen molar-refractivity contribution in [3.8, 4) is 0 Å². The predicted molar refractivity (Wildman–Crippen MR) is 75.5 cm³/mol. The molecule has 0 aliphatic heterocycles. The SMILES string of the molecule is Cc1nn2cccnc2c1C(=O)NC(CO)CC(C)C. The fraction of sp³-hybridized carbons (Fsp3) is 0.500. The summed E-state index contributed by atoms with van der Waals surface area (Å²) in [7, 11) is 0. The van der Waals surface area contributed by atoms with E-state index in [9.17, 15) is 9.90 Å². The molecule has 0 fully saturated rings. The lowest BCUT2D eigenvalue weighted by molar-refractivity contribution is 0.0909. The first kappa shape index (κ1) is 14.5. The minimum atomic E-state index is -0.249. The van der Waals surface area contributed by atoms with Gasteiger partial charge in [0.2, 0.25) is 0 Å². The van der Waals surface area contributed by atoms with Gasteiger partial charge in [-0.1, -0.05) is 13.8 Å². The monoisotopic (exact) mass is 276 g/mol. The van der Waals surface area contributed by atoms with E-state index in [-0.39, 0.29) is 18.6 Å². The fourth-order valence-corrected chi connectivity index (χ4v) is 2.27. The standard InChI is InChI=1S/C14H20N4O2/c1-9(2)7-11(8-19)16-14(20)12-10(3)17-18-6-4-5-15-13(12)18/h4-6,9,11,19H,7-8H2,1-3H3,(H,16,20). The van der Waals surface area contributed by atoms with Gasteiger partial charge in [0, 0.05) is 12.4 Å². The van der Waals surface area contributed by atoms with E-state index in [0.717, 1.165) is 6.42 Å². The summed E-state index contributed by atoms with van der Waals surface area (Å²) in [6.45, 7) is 5.81. The van der Waals surface area contributed by atoms with E-state index in [1.54, 1.807) is 29.9 Å². The van der Waals surface area contributed by atoms with Gasteiger partial charge in [0.05, 0.1) is 18.3 Å².